The van der Waals surface area contributed by atoms with Crippen LogP contribution in [0.3, 0.4) is 0 Å². The van der Waals surface area contributed by atoms with E-state index in [9.17, 15) is 0 Å². The summed E-state index contributed by atoms with van der Waals surface area (Å²) in [6.07, 6.45) is 1.22. The highest BCUT2D eigenvalue weighted by atomic mass is 16.4. The van der Waals surface area contributed by atoms with Crippen LogP contribution in [0.15, 0.2) is 52.0 Å². The molecule has 1 heterocycles. The summed E-state index contributed by atoms with van der Waals surface area (Å²) in [7, 11) is 0. The van der Waals surface area contributed by atoms with Crippen molar-refractivity contribution in [3.05, 3.63) is 59.5 Å². The molecule has 1 N–H and O–H groups in total. The van der Waals surface area contributed by atoms with Crippen LogP contribution in [0, 0.1) is 11.8 Å². The first-order valence-electron chi connectivity index (χ1n) is 4.73. The van der Waals surface area contributed by atoms with Crippen molar-refractivity contribution in [3.63, 3.8) is 0 Å². The highest BCUT2D eigenvalue weighted by Gasteiger charge is 1.95. The number of benzene rings is 1. The van der Waals surface area contributed by atoms with Crippen molar-refractivity contribution in [1.82, 2.24) is 0 Å². The normalized spacial score (nSPS) is 10.0. The molecule has 16 heavy (non-hydrogen) atoms. The van der Waals surface area contributed by atoms with Gasteiger partial charge in [0.25, 0.3) is 0 Å². The Morgan fingerprint density at radius 3 is 2.62 bits per heavy atom. The molecule has 0 spiro atoms. The Bertz CT molecular complexity index is 544. The van der Waals surface area contributed by atoms with Crippen molar-refractivity contribution in [2.75, 3.05) is 0 Å². The van der Waals surface area contributed by atoms with Crippen LogP contribution < -0.4 is 0 Å². The summed E-state index contributed by atoms with van der Waals surface area (Å²) in [6, 6.07) is 13.1. The van der Waals surface area contributed by atoms with Gasteiger partial charge in [0.05, 0.1) is 0 Å². The lowest BCUT2D eigenvalue weighted by atomic mass is 10.2. The smallest absolute Gasteiger partial charge is 0.177 e. The summed E-state index contributed by atoms with van der Waals surface area (Å²) >= 11 is 0. The molecule has 0 saturated heterocycles. The molecule has 78 valence electrons. The summed E-state index contributed by atoms with van der Waals surface area (Å²) < 4.78 is 5.26. The average molecular weight is 211 g/mol. The van der Waals surface area contributed by atoms with Crippen LogP contribution in [0.25, 0.3) is 0 Å². The van der Waals surface area contributed by atoms with Gasteiger partial charge in [0.15, 0.2) is 5.76 Å². The van der Waals surface area contributed by atoms with E-state index >= 15 is 0 Å². The van der Waals surface area contributed by atoms with Crippen molar-refractivity contribution in [3.8, 4) is 11.8 Å². The van der Waals surface area contributed by atoms with E-state index in [2.05, 4.69) is 17.0 Å². The number of hydrogen-bond acceptors (Lipinski definition) is 3. The zero-order valence-corrected chi connectivity index (χ0v) is 8.42. The molecule has 3 nitrogen and oxygen atoms in total. The van der Waals surface area contributed by atoms with Crippen LogP contribution in [-0.4, -0.2) is 11.4 Å². The Hall–Kier alpha value is -2.47. The first-order valence-corrected chi connectivity index (χ1v) is 4.73. The number of furan rings is 1. The highest BCUT2D eigenvalue weighted by Crippen LogP contribution is 2.04. The maximum absolute atomic E-state index is 8.31. The Labute approximate surface area is 93.0 Å². The first kappa shape index (κ1) is 10.1. The van der Waals surface area contributed by atoms with Crippen molar-refractivity contribution >= 4 is 6.21 Å². The summed E-state index contributed by atoms with van der Waals surface area (Å²) in [6.45, 7) is 0. The van der Waals surface area contributed by atoms with Gasteiger partial charge in [-0.25, -0.2) is 0 Å². The minimum atomic E-state index is 0.472. The van der Waals surface area contributed by atoms with Gasteiger partial charge >= 0.3 is 0 Å². The molecule has 0 atom stereocenters. The van der Waals surface area contributed by atoms with E-state index in [1.165, 1.54) is 6.21 Å². The lowest BCUT2D eigenvalue weighted by molar-refractivity contribution is 0.320. The molecule has 0 radical (unpaired) electrons. The van der Waals surface area contributed by atoms with E-state index in [4.69, 9.17) is 9.62 Å². The first-order chi connectivity index (χ1) is 7.88. The Morgan fingerprint density at radius 1 is 1.06 bits per heavy atom. The molecule has 3 heteroatoms. The minimum Gasteiger partial charge on any atom is -0.447 e. The van der Waals surface area contributed by atoms with Gasteiger partial charge in [0.2, 0.25) is 0 Å². The van der Waals surface area contributed by atoms with Gasteiger partial charge in [0.1, 0.15) is 12.0 Å². The quantitative estimate of drug-likeness (QED) is 0.341. The molecule has 2 rings (SSSR count). The van der Waals surface area contributed by atoms with Crippen LogP contribution in [0.1, 0.15) is 17.1 Å². The second-order valence-electron chi connectivity index (χ2n) is 3.06. The molecule has 1 aromatic heterocycles. The van der Waals surface area contributed by atoms with Crippen LogP contribution >= 0.6 is 0 Å². The molecule has 0 fully saturated rings. The predicted octanol–water partition coefficient (Wildman–Crippen LogP) is 2.49. The number of oxime groups is 1. The molecule has 2 aromatic rings. The lowest BCUT2D eigenvalue weighted by Crippen LogP contribution is -1.73. The van der Waals surface area contributed by atoms with E-state index in [1.807, 2.05) is 30.3 Å². The maximum Gasteiger partial charge on any atom is 0.177 e. The van der Waals surface area contributed by atoms with E-state index in [0.29, 0.717) is 11.5 Å². The predicted molar refractivity (Wildman–Crippen MR) is 60.5 cm³/mol. The zero-order chi connectivity index (χ0) is 11.2. The van der Waals surface area contributed by atoms with Crippen LogP contribution in [0.4, 0.5) is 0 Å². The van der Waals surface area contributed by atoms with Crippen LogP contribution in [0.5, 0.6) is 0 Å². The monoisotopic (exact) mass is 211 g/mol. The molecule has 0 unspecified atom stereocenters. The topological polar surface area (TPSA) is 45.7 Å². The number of rotatable bonds is 1. The third-order valence-electron chi connectivity index (χ3n) is 1.92. The Morgan fingerprint density at radius 2 is 1.88 bits per heavy atom. The molecule has 0 aliphatic rings. The van der Waals surface area contributed by atoms with Crippen molar-refractivity contribution in [2.24, 2.45) is 5.16 Å². The van der Waals surface area contributed by atoms with Gasteiger partial charge in [-0.15, -0.1) is 0 Å². The van der Waals surface area contributed by atoms with Gasteiger partial charge in [-0.3, -0.25) is 0 Å². The van der Waals surface area contributed by atoms with Gasteiger partial charge in [0, 0.05) is 5.56 Å². The van der Waals surface area contributed by atoms with Crippen LogP contribution in [0.2, 0.25) is 0 Å². The van der Waals surface area contributed by atoms with E-state index < -0.39 is 0 Å². The second kappa shape index (κ2) is 4.85. The van der Waals surface area contributed by atoms with E-state index in [0.717, 1.165) is 5.56 Å². The molecule has 0 saturated carbocycles. The molecule has 0 bridgehead atoms. The third kappa shape index (κ3) is 2.52. The van der Waals surface area contributed by atoms with Gasteiger partial charge in [-0.1, -0.05) is 29.3 Å². The van der Waals surface area contributed by atoms with Crippen LogP contribution in [-0.2, 0) is 0 Å². The summed E-state index contributed by atoms with van der Waals surface area (Å²) in [5.74, 6) is 6.86. The standard InChI is InChI=1S/C13H9NO2/c15-14-10-13-9-8-12(16-13)7-6-11-4-2-1-3-5-11/h1-5,8-10,15H/b14-10+. The van der Waals surface area contributed by atoms with Crippen molar-refractivity contribution in [1.29, 1.82) is 0 Å². The maximum atomic E-state index is 8.31. The summed E-state index contributed by atoms with van der Waals surface area (Å²) in [5, 5.41) is 11.2. The van der Waals surface area contributed by atoms with Gasteiger partial charge in [-0.05, 0) is 30.2 Å². The van der Waals surface area contributed by atoms with E-state index in [-0.39, 0.29) is 0 Å². The molecular formula is C13H9NO2. The fourth-order valence-corrected chi connectivity index (χ4v) is 1.20. The fraction of sp³-hybridized carbons (Fsp3) is 0. The molecule has 0 amide bonds. The summed E-state index contributed by atoms with van der Waals surface area (Å²) in [5.41, 5.74) is 0.927. The largest absolute Gasteiger partial charge is 0.447 e. The second-order valence-corrected chi connectivity index (χ2v) is 3.06. The molecule has 1 aromatic carbocycles. The zero-order valence-electron chi connectivity index (χ0n) is 8.42. The average Bonchev–Trinajstić information content (AvgIpc) is 2.76. The number of nitrogens with zero attached hydrogens (tertiary/aromatic N) is 1. The lowest BCUT2D eigenvalue weighted by Gasteiger charge is -1.85. The fourth-order valence-electron chi connectivity index (χ4n) is 1.20. The van der Waals surface area contributed by atoms with E-state index in [1.54, 1.807) is 12.1 Å². The molecular weight excluding hydrogens is 202 g/mol. The summed E-state index contributed by atoms with van der Waals surface area (Å²) in [4.78, 5) is 0. The van der Waals surface area contributed by atoms with Gasteiger partial charge < -0.3 is 9.62 Å². The number of hydrogen-bond donors (Lipinski definition) is 1. The SMILES string of the molecule is O/N=C/c1ccc(C#Cc2ccccc2)o1. The van der Waals surface area contributed by atoms with Crippen molar-refractivity contribution in [2.45, 2.75) is 0 Å². The highest BCUT2D eigenvalue weighted by molar-refractivity contribution is 5.75. The van der Waals surface area contributed by atoms with Crippen molar-refractivity contribution < 1.29 is 9.62 Å². The third-order valence-corrected chi connectivity index (χ3v) is 1.92. The Balaban J connectivity index is 2.18. The molecule has 0 aliphatic carbocycles. The minimum absolute atomic E-state index is 0.472. The van der Waals surface area contributed by atoms with Gasteiger partial charge in [-0.2, -0.15) is 0 Å². The Kier molecular flexibility index (Phi) is 3.05. The molecule has 0 aliphatic heterocycles.